The van der Waals surface area contributed by atoms with E-state index in [0.29, 0.717) is 37.7 Å². The Bertz CT molecular complexity index is 709. The van der Waals surface area contributed by atoms with Crippen molar-refractivity contribution < 1.29 is 19.1 Å². The molecule has 2 unspecified atom stereocenters. The molecule has 0 radical (unpaired) electrons. The van der Waals surface area contributed by atoms with Crippen molar-refractivity contribution in [2.75, 3.05) is 26.3 Å². The quantitative estimate of drug-likeness (QED) is 0.764. The van der Waals surface area contributed by atoms with Gasteiger partial charge in [0.15, 0.2) is 11.5 Å². The second kappa shape index (κ2) is 8.95. The molecule has 2 aliphatic rings. The lowest BCUT2D eigenvalue weighted by Gasteiger charge is -2.33. The average molecular weight is 439 g/mol. The number of fused-ring (bicyclic) bond motifs is 1. The van der Waals surface area contributed by atoms with Gasteiger partial charge in [0.2, 0.25) is 11.8 Å². The smallest absolute Gasteiger partial charge is 0.225 e. The highest BCUT2D eigenvalue weighted by Crippen LogP contribution is 2.37. The fourth-order valence-electron chi connectivity index (χ4n) is 3.61. The molecule has 0 bridgehead atoms. The number of benzene rings is 1. The molecule has 1 N–H and O–H groups in total. The first-order chi connectivity index (χ1) is 13.0. The second-order valence-corrected chi connectivity index (χ2v) is 8.03. The van der Waals surface area contributed by atoms with Gasteiger partial charge < -0.3 is 19.7 Å². The van der Waals surface area contributed by atoms with Gasteiger partial charge in [0.1, 0.15) is 13.2 Å². The number of hydrogen-bond acceptors (Lipinski definition) is 4. The molecule has 2 amide bonds. The standard InChI is InChI=1S/C20H27BrN2O4/c1-3-5-19(24)23-7-4-6-14(12-23)20(25)22-13(2)15-10-17-18(11-16(15)21)27-9-8-26-17/h10-11,13-14H,3-9,12H2,1-2H3,(H,22,25). The molecular weight excluding hydrogens is 412 g/mol. The van der Waals surface area contributed by atoms with E-state index in [1.807, 2.05) is 30.9 Å². The summed E-state index contributed by atoms with van der Waals surface area (Å²) in [5, 5.41) is 3.10. The largest absolute Gasteiger partial charge is 0.486 e. The molecule has 148 valence electrons. The molecule has 0 aliphatic carbocycles. The van der Waals surface area contributed by atoms with E-state index in [0.717, 1.165) is 35.8 Å². The average Bonchev–Trinajstić information content (AvgIpc) is 2.67. The third-order valence-corrected chi connectivity index (χ3v) is 5.78. The molecule has 1 fully saturated rings. The number of ether oxygens (including phenoxy) is 2. The summed E-state index contributed by atoms with van der Waals surface area (Å²) < 4.78 is 12.1. The Kier molecular flexibility index (Phi) is 6.63. The fourth-order valence-corrected chi connectivity index (χ4v) is 4.28. The Labute approximate surface area is 168 Å². The summed E-state index contributed by atoms with van der Waals surface area (Å²) in [7, 11) is 0. The van der Waals surface area contributed by atoms with Crippen LogP contribution in [0.25, 0.3) is 0 Å². The van der Waals surface area contributed by atoms with E-state index in [4.69, 9.17) is 9.47 Å². The number of carbonyl (C=O) groups is 2. The first-order valence-corrected chi connectivity index (χ1v) is 10.5. The Morgan fingerprint density at radius 2 is 2.00 bits per heavy atom. The predicted molar refractivity (Wildman–Crippen MR) is 106 cm³/mol. The number of halogens is 1. The summed E-state index contributed by atoms with van der Waals surface area (Å²) in [6, 6.07) is 3.63. The minimum absolute atomic E-state index is 0.00159. The van der Waals surface area contributed by atoms with Gasteiger partial charge >= 0.3 is 0 Å². The monoisotopic (exact) mass is 438 g/mol. The molecule has 0 aromatic heterocycles. The molecule has 3 rings (SSSR count). The summed E-state index contributed by atoms with van der Waals surface area (Å²) in [5.74, 6) is 1.41. The zero-order chi connectivity index (χ0) is 19.4. The Morgan fingerprint density at radius 1 is 1.30 bits per heavy atom. The van der Waals surface area contributed by atoms with Crippen LogP contribution in [-0.2, 0) is 9.59 Å². The molecule has 2 heterocycles. The van der Waals surface area contributed by atoms with Crippen molar-refractivity contribution in [2.45, 2.75) is 45.6 Å². The van der Waals surface area contributed by atoms with E-state index in [1.54, 1.807) is 0 Å². The van der Waals surface area contributed by atoms with Crippen LogP contribution in [0.3, 0.4) is 0 Å². The van der Waals surface area contributed by atoms with E-state index in [9.17, 15) is 9.59 Å². The van der Waals surface area contributed by atoms with Crippen LogP contribution in [0.1, 0.15) is 51.1 Å². The number of rotatable bonds is 5. The van der Waals surface area contributed by atoms with Crippen LogP contribution in [0.2, 0.25) is 0 Å². The molecule has 2 aliphatic heterocycles. The van der Waals surface area contributed by atoms with Gasteiger partial charge in [-0.25, -0.2) is 0 Å². The molecule has 27 heavy (non-hydrogen) atoms. The van der Waals surface area contributed by atoms with Crippen molar-refractivity contribution in [1.82, 2.24) is 10.2 Å². The predicted octanol–water partition coefficient (Wildman–Crippen LogP) is 3.44. The van der Waals surface area contributed by atoms with Gasteiger partial charge in [-0.15, -0.1) is 0 Å². The Balaban J connectivity index is 1.64. The molecule has 1 aromatic rings. The second-order valence-electron chi connectivity index (χ2n) is 7.18. The normalized spacial score (nSPS) is 20.1. The summed E-state index contributed by atoms with van der Waals surface area (Å²) >= 11 is 3.57. The first-order valence-electron chi connectivity index (χ1n) is 9.66. The van der Waals surface area contributed by atoms with E-state index >= 15 is 0 Å². The van der Waals surface area contributed by atoms with Crippen molar-refractivity contribution in [3.05, 3.63) is 22.2 Å². The van der Waals surface area contributed by atoms with Gasteiger partial charge in [-0.3, -0.25) is 9.59 Å². The maximum absolute atomic E-state index is 12.8. The van der Waals surface area contributed by atoms with Crippen molar-refractivity contribution >= 4 is 27.7 Å². The van der Waals surface area contributed by atoms with Crippen LogP contribution in [0.5, 0.6) is 11.5 Å². The first kappa shape index (κ1) is 20.0. The number of nitrogens with zero attached hydrogens (tertiary/aromatic N) is 1. The summed E-state index contributed by atoms with van der Waals surface area (Å²) in [6.45, 7) is 6.29. The van der Waals surface area contributed by atoms with Gasteiger partial charge in [-0.1, -0.05) is 22.9 Å². The SMILES string of the molecule is CCCC(=O)N1CCCC(C(=O)NC(C)c2cc3c(cc2Br)OCCO3)C1. The third-order valence-electron chi connectivity index (χ3n) is 5.10. The highest BCUT2D eigenvalue weighted by atomic mass is 79.9. The van der Waals surface area contributed by atoms with Crippen molar-refractivity contribution in [1.29, 1.82) is 0 Å². The lowest BCUT2D eigenvalue weighted by molar-refractivity contribution is -0.135. The van der Waals surface area contributed by atoms with E-state index < -0.39 is 0 Å². The van der Waals surface area contributed by atoms with Gasteiger partial charge in [-0.2, -0.15) is 0 Å². The highest BCUT2D eigenvalue weighted by Gasteiger charge is 2.29. The van der Waals surface area contributed by atoms with E-state index in [-0.39, 0.29) is 23.8 Å². The molecule has 2 atom stereocenters. The topological polar surface area (TPSA) is 67.9 Å². The number of nitrogens with one attached hydrogen (secondary N) is 1. The number of carbonyl (C=O) groups excluding carboxylic acids is 2. The third kappa shape index (κ3) is 4.75. The molecule has 1 saturated heterocycles. The van der Waals surface area contributed by atoms with Crippen molar-refractivity contribution in [3.8, 4) is 11.5 Å². The van der Waals surface area contributed by atoms with Crippen molar-refractivity contribution in [2.24, 2.45) is 5.92 Å². The fraction of sp³-hybridized carbons (Fsp3) is 0.600. The lowest BCUT2D eigenvalue weighted by atomic mass is 9.96. The number of piperidine rings is 1. The molecule has 0 spiro atoms. The maximum Gasteiger partial charge on any atom is 0.225 e. The summed E-state index contributed by atoms with van der Waals surface area (Å²) in [4.78, 5) is 26.8. The zero-order valence-electron chi connectivity index (χ0n) is 15.9. The minimum atomic E-state index is -0.176. The van der Waals surface area contributed by atoms with E-state index in [2.05, 4.69) is 21.2 Å². The molecule has 7 heteroatoms. The van der Waals surface area contributed by atoms with Gasteiger partial charge in [0.05, 0.1) is 12.0 Å². The van der Waals surface area contributed by atoms with Crippen LogP contribution < -0.4 is 14.8 Å². The van der Waals surface area contributed by atoms with Crippen LogP contribution >= 0.6 is 15.9 Å². The van der Waals surface area contributed by atoms with Crippen molar-refractivity contribution in [3.63, 3.8) is 0 Å². The maximum atomic E-state index is 12.8. The molecule has 6 nitrogen and oxygen atoms in total. The van der Waals surface area contributed by atoms with E-state index in [1.165, 1.54) is 0 Å². The Hall–Kier alpha value is -1.76. The molecule has 1 aromatic carbocycles. The van der Waals surface area contributed by atoms with Gasteiger partial charge in [0, 0.05) is 24.0 Å². The van der Waals surface area contributed by atoms with Crippen LogP contribution in [0.4, 0.5) is 0 Å². The molecular formula is C20H27BrN2O4. The minimum Gasteiger partial charge on any atom is -0.486 e. The van der Waals surface area contributed by atoms with Crippen LogP contribution in [-0.4, -0.2) is 43.0 Å². The summed E-state index contributed by atoms with van der Waals surface area (Å²) in [5.41, 5.74) is 0.947. The zero-order valence-corrected chi connectivity index (χ0v) is 17.5. The summed E-state index contributed by atoms with van der Waals surface area (Å²) in [6.07, 6.45) is 3.07. The van der Waals surface area contributed by atoms with Gasteiger partial charge in [0.25, 0.3) is 0 Å². The van der Waals surface area contributed by atoms with Crippen LogP contribution in [0, 0.1) is 5.92 Å². The van der Waals surface area contributed by atoms with Gasteiger partial charge in [-0.05, 0) is 43.9 Å². The number of hydrogen-bond donors (Lipinski definition) is 1. The molecule has 0 saturated carbocycles. The number of likely N-dealkylation sites (tertiary alicyclic amines) is 1. The highest BCUT2D eigenvalue weighted by molar-refractivity contribution is 9.10. The van der Waals surface area contributed by atoms with Crippen LogP contribution in [0.15, 0.2) is 16.6 Å². The lowest BCUT2D eigenvalue weighted by Crippen LogP contribution is -2.45. The number of amides is 2. The Morgan fingerprint density at radius 3 is 2.70 bits per heavy atom.